The van der Waals surface area contributed by atoms with E-state index in [9.17, 15) is 9.90 Å². The molecule has 0 fully saturated rings. The van der Waals surface area contributed by atoms with E-state index in [1.54, 1.807) is 12.1 Å². The van der Waals surface area contributed by atoms with Crippen molar-refractivity contribution in [2.24, 2.45) is 0 Å². The van der Waals surface area contributed by atoms with Gasteiger partial charge in [-0.2, -0.15) is 0 Å². The van der Waals surface area contributed by atoms with Crippen LogP contribution in [0.25, 0.3) is 0 Å². The predicted molar refractivity (Wildman–Crippen MR) is 31.3 cm³/mol. The van der Waals surface area contributed by atoms with E-state index in [-0.39, 0.29) is 5.75 Å². The van der Waals surface area contributed by atoms with Gasteiger partial charge in [0.05, 0.1) is 0 Å². The lowest BCUT2D eigenvalue weighted by atomic mass is 10.2. The van der Waals surface area contributed by atoms with Gasteiger partial charge in [-0.15, -0.1) is 5.75 Å². The van der Waals surface area contributed by atoms with E-state index in [0.717, 1.165) is 0 Å². The van der Waals surface area contributed by atoms with Crippen LogP contribution in [0.5, 0.6) is 5.75 Å². The van der Waals surface area contributed by atoms with Gasteiger partial charge in [0.1, 0.15) is 6.29 Å². The Balaban J connectivity index is 3.07. The lowest BCUT2D eigenvalue weighted by Crippen LogP contribution is -1.89. The third kappa shape index (κ3) is 1.29. The van der Waals surface area contributed by atoms with E-state index in [2.05, 4.69) is 0 Å². The van der Waals surface area contributed by atoms with Gasteiger partial charge in [0.25, 0.3) is 0 Å². The summed E-state index contributed by atoms with van der Waals surface area (Å²) in [5, 5.41) is 10.5. The largest absolute Gasteiger partial charge is 0.872 e. The Labute approximate surface area is 52.8 Å². The third-order valence-corrected chi connectivity index (χ3v) is 0.994. The molecule has 9 heavy (non-hydrogen) atoms. The highest BCUT2D eigenvalue weighted by molar-refractivity contribution is 5.75. The minimum absolute atomic E-state index is 0.125. The SMILES string of the molecule is O=Cc1cccc([O-])c1. The van der Waals surface area contributed by atoms with E-state index in [1.165, 1.54) is 12.1 Å². The lowest BCUT2D eigenvalue weighted by Gasteiger charge is -2.01. The van der Waals surface area contributed by atoms with Crippen molar-refractivity contribution in [2.45, 2.75) is 0 Å². The highest BCUT2D eigenvalue weighted by Crippen LogP contribution is 2.04. The number of carbonyl (C=O) groups is 1. The minimum Gasteiger partial charge on any atom is -0.872 e. The van der Waals surface area contributed by atoms with Crippen molar-refractivity contribution >= 4 is 6.29 Å². The summed E-state index contributed by atoms with van der Waals surface area (Å²) in [5.41, 5.74) is 0.433. The van der Waals surface area contributed by atoms with Crippen LogP contribution < -0.4 is 5.11 Å². The lowest BCUT2D eigenvalue weighted by molar-refractivity contribution is -0.268. The standard InChI is InChI=1S/C7H6O2/c8-5-6-2-1-3-7(9)4-6/h1-5,9H/p-1. The van der Waals surface area contributed by atoms with Gasteiger partial charge in [-0.25, -0.2) is 0 Å². The van der Waals surface area contributed by atoms with Crippen LogP contribution in [0.3, 0.4) is 0 Å². The predicted octanol–water partition coefficient (Wildman–Crippen LogP) is 0.573. The second kappa shape index (κ2) is 2.31. The zero-order valence-corrected chi connectivity index (χ0v) is 4.70. The molecule has 0 N–H and O–H groups in total. The molecule has 0 unspecified atom stereocenters. The molecule has 0 spiro atoms. The molecule has 0 bridgehead atoms. The smallest absolute Gasteiger partial charge is 0.150 e. The fourth-order valence-corrected chi connectivity index (χ4v) is 0.588. The number of rotatable bonds is 1. The van der Waals surface area contributed by atoms with Gasteiger partial charge in [-0.05, 0) is 0 Å². The van der Waals surface area contributed by atoms with Crippen molar-refractivity contribution in [3.8, 4) is 5.75 Å². The normalized spacial score (nSPS) is 8.89. The van der Waals surface area contributed by atoms with Gasteiger partial charge in [-0.3, -0.25) is 4.79 Å². The molecule has 2 nitrogen and oxygen atoms in total. The summed E-state index contributed by atoms with van der Waals surface area (Å²) in [5.74, 6) is -0.125. The molecular formula is C7H5O2-. The Morgan fingerprint density at radius 3 is 2.67 bits per heavy atom. The highest BCUT2D eigenvalue weighted by atomic mass is 16.3. The number of hydrogen-bond acceptors (Lipinski definition) is 2. The van der Waals surface area contributed by atoms with Gasteiger partial charge in [0, 0.05) is 5.56 Å². The molecule has 0 radical (unpaired) electrons. The molecule has 0 aliphatic carbocycles. The van der Waals surface area contributed by atoms with E-state index >= 15 is 0 Å². The average Bonchev–Trinajstić information content (AvgIpc) is 1.88. The molecule has 0 aliphatic rings. The molecule has 0 amide bonds. The molecule has 0 atom stereocenters. The zero-order chi connectivity index (χ0) is 6.69. The summed E-state index contributed by atoms with van der Waals surface area (Å²) < 4.78 is 0. The Morgan fingerprint density at radius 1 is 1.44 bits per heavy atom. The average molecular weight is 121 g/mol. The molecule has 1 aromatic rings. The van der Waals surface area contributed by atoms with Crippen molar-refractivity contribution in [3.05, 3.63) is 29.8 Å². The molecule has 0 aliphatic heterocycles. The van der Waals surface area contributed by atoms with Crippen molar-refractivity contribution in [1.29, 1.82) is 0 Å². The molecule has 46 valence electrons. The van der Waals surface area contributed by atoms with Crippen LogP contribution in [0.15, 0.2) is 24.3 Å². The zero-order valence-electron chi connectivity index (χ0n) is 4.70. The minimum atomic E-state index is -0.125. The summed E-state index contributed by atoms with van der Waals surface area (Å²) in [6.45, 7) is 0. The molecule has 0 heterocycles. The van der Waals surface area contributed by atoms with Crippen LogP contribution in [0, 0.1) is 0 Å². The number of hydrogen-bond donors (Lipinski definition) is 0. The molecule has 0 aromatic heterocycles. The van der Waals surface area contributed by atoms with Crippen LogP contribution in [0.4, 0.5) is 0 Å². The summed E-state index contributed by atoms with van der Waals surface area (Å²) >= 11 is 0. The first-order valence-corrected chi connectivity index (χ1v) is 2.55. The van der Waals surface area contributed by atoms with E-state index in [4.69, 9.17) is 0 Å². The second-order valence-electron chi connectivity index (χ2n) is 1.69. The molecule has 0 saturated carbocycles. The molecule has 2 heteroatoms. The fraction of sp³-hybridized carbons (Fsp3) is 0. The molecule has 0 saturated heterocycles. The van der Waals surface area contributed by atoms with Gasteiger partial charge in [0.2, 0.25) is 0 Å². The van der Waals surface area contributed by atoms with Gasteiger partial charge < -0.3 is 5.11 Å². The highest BCUT2D eigenvalue weighted by Gasteiger charge is 1.82. The maximum atomic E-state index is 10.5. The van der Waals surface area contributed by atoms with Crippen LogP contribution in [0.1, 0.15) is 10.4 Å². The number of aldehydes is 1. The Morgan fingerprint density at radius 2 is 2.22 bits per heavy atom. The third-order valence-electron chi connectivity index (χ3n) is 0.994. The fourth-order valence-electron chi connectivity index (χ4n) is 0.588. The van der Waals surface area contributed by atoms with Crippen molar-refractivity contribution in [1.82, 2.24) is 0 Å². The summed E-state index contributed by atoms with van der Waals surface area (Å²) in [4.78, 5) is 10.0. The first kappa shape index (κ1) is 5.82. The molecule has 1 aromatic carbocycles. The second-order valence-corrected chi connectivity index (χ2v) is 1.69. The van der Waals surface area contributed by atoms with Crippen LogP contribution >= 0.6 is 0 Å². The van der Waals surface area contributed by atoms with Crippen molar-refractivity contribution in [3.63, 3.8) is 0 Å². The van der Waals surface area contributed by atoms with E-state index < -0.39 is 0 Å². The topological polar surface area (TPSA) is 40.1 Å². The molecular weight excluding hydrogens is 116 g/mol. The Hall–Kier alpha value is -1.31. The molecule has 1 rings (SSSR count). The summed E-state index contributed by atoms with van der Waals surface area (Å²) in [7, 11) is 0. The first-order chi connectivity index (χ1) is 4.33. The van der Waals surface area contributed by atoms with Gasteiger partial charge >= 0.3 is 0 Å². The van der Waals surface area contributed by atoms with Gasteiger partial charge in [0.15, 0.2) is 0 Å². The maximum absolute atomic E-state index is 10.5. The van der Waals surface area contributed by atoms with Crippen LogP contribution in [0.2, 0.25) is 0 Å². The first-order valence-electron chi connectivity index (χ1n) is 2.55. The summed E-state index contributed by atoms with van der Waals surface area (Å²) in [6, 6.07) is 5.86. The van der Waals surface area contributed by atoms with E-state index in [1.807, 2.05) is 0 Å². The van der Waals surface area contributed by atoms with Crippen LogP contribution in [-0.2, 0) is 0 Å². The summed E-state index contributed by atoms with van der Waals surface area (Å²) in [6.07, 6.45) is 0.654. The monoisotopic (exact) mass is 121 g/mol. The quantitative estimate of drug-likeness (QED) is 0.509. The van der Waals surface area contributed by atoms with E-state index in [0.29, 0.717) is 11.8 Å². The van der Waals surface area contributed by atoms with Crippen LogP contribution in [-0.4, -0.2) is 6.29 Å². The number of carbonyl (C=O) groups excluding carboxylic acids is 1. The maximum Gasteiger partial charge on any atom is 0.150 e. The van der Waals surface area contributed by atoms with Crippen molar-refractivity contribution in [2.75, 3.05) is 0 Å². The Kier molecular flexibility index (Phi) is 1.49. The van der Waals surface area contributed by atoms with Crippen molar-refractivity contribution < 1.29 is 9.90 Å². The van der Waals surface area contributed by atoms with Gasteiger partial charge in [-0.1, -0.05) is 24.3 Å². The Bertz CT molecular complexity index is 218. The number of benzene rings is 1.